The molecular weight excluding hydrogens is 513 g/mol. The van der Waals surface area contributed by atoms with Crippen molar-refractivity contribution < 1.29 is 4.74 Å². The SMILES string of the molecule is CC(C)CNCCn1c(Sc2cc3c(cc2I)OCCN3C)nc2c(N)ncnc21. The van der Waals surface area contributed by atoms with Crippen LogP contribution >= 0.6 is 34.4 Å². The minimum Gasteiger partial charge on any atom is -0.490 e. The van der Waals surface area contributed by atoms with Gasteiger partial charge in [-0.1, -0.05) is 25.6 Å². The fourth-order valence-electron chi connectivity index (χ4n) is 3.32. The molecule has 30 heavy (non-hydrogen) atoms. The van der Waals surface area contributed by atoms with Gasteiger partial charge in [-0.25, -0.2) is 15.0 Å². The molecule has 3 heterocycles. The highest BCUT2D eigenvalue weighted by atomic mass is 127. The molecule has 0 aliphatic carbocycles. The van der Waals surface area contributed by atoms with Crippen LogP contribution < -0.4 is 20.7 Å². The smallest absolute Gasteiger partial charge is 0.175 e. The second-order valence-electron chi connectivity index (χ2n) is 7.70. The van der Waals surface area contributed by atoms with E-state index in [1.54, 1.807) is 11.8 Å². The molecule has 0 spiro atoms. The first-order valence-electron chi connectivity index (χ1n) is 9.96. The molecule has 160 valence electrons. The molecule has 8 nitrogen and oxygen atoms in total. The van der Waals surface area contributed by atoms with Crippen LogP contribution in [-0.2, 0) is 6.54 Å². The summed E-state index contributed by atoms with van der Waals surface area (Å²) in [6.45, 7) is 8.56. The highest BCUT2D eigenvalue weighted by Gasteiger charge is 2.21. The van der Waals surface area contributed by atoms with Gasteiger partial charge in [0.1, 0.15) is 18.7 Å². The molecule has 10 heteroatoms. The van der Waals surface area contributed by atoms with Gasteiger partial charge in [0.2, 0.25) is 0 Å². The quantitative estimate of drug-likeness (QED) is 0.349. The van der Waals surface area contributed by atoms with Crippen molar-refractivity contribution in [2.75, 3.05) is 43.9 Å². The number of halogens is 1. The molecule has 0 unspecified atom stereocenters. The molecule has 3 N–H and O–H groups in total. The van der Waals surface area contributed by atoms with Crippen molar-refractivity contribution >= 4 is 57.0 Å². The van der Waals surface area contributed by atoms with Crippen LogP contribution in [0.25, 0.3) is 11.2 Å². The normalized spacial score (nSPS) is 13.7. The number of likely N-dealkylation sites (N-methyl/N-ethyl adjacent to an activating group) is 1. The molecule has 2 aromatic heterocycles. The Kier molecular flexibility index (Phi) is 6.54. The van der Waals surface area contributed by atoms with E-state index in [2.05, 4.69) is 80.4 Å². The summed E-state index contributed by atoms with van der Waals surface area (Å²) in [7, 11) is 2.09. The first-order valence-corrected chi connectivity index (χ1v) is 11.9. The fraction of sp³-hybridized carbons (Fsp3) is 0.450. The lowest BCUT2D eigenvalue weighted by atomic mass is 10.2. The largest absolute Gasteiger partial charge is 0.490 e. The van der Waals surface area contributed by atoms with E-state index >= 15 is 0 Å². The summed E-state index contributed by atoms with van der Waals surface area (Å²) in [6, 6.07) is 4.27. The molecule has 1 aliphatic heterocycles. The number of anilines is 2. The minimum absolute atomic E-state index is 0.406. The number of nitrogens with zero attached hydrogens (tertiary/aromatic N) is 5. The lowest BCUT2D eigenvalue weighted by molar-refractivity contribution is 0.311. The van der Waals surface area contributed by atoms with Crippen LogP contribution in [0, 0.1) is 9.49 Å². The molecule has 0 atom stereocenters. The zero-order valence-electron chi connectivity index (χ0n) is 17.4. The topological polar surface area (TPSA) is 94.1 Å². The number of benzene rings is 1. The number of rotatable bonds is 7. The molecular formula is C20H26IN7OS. The van der Waals surface area contributed by atoms with Gasteiger partial charge in [-0.3, -0.25) is 0 Å². The molecule has 0 fully saturated rings. The van der Waals surface area contributed by atoms with Crippen LogP contribution in [0.1, 0.15) is 13.8 Å². The van der Waals surface area contributed by atoms with Crippen molar-refractivity contribution in [2.24, 2.45) is 5.92 Å². The van der Waals surface area contributed by atoms with Gasteiger partial charge in [-0.15, -0.1) is 0 Å². The molecule has 0 saturated carbocycles. The second-order valence-corrected chi connectivity index (χ2v) is 9.87. The lowest BCUT2D eigenvalue weighted by Crippen LogP contribution is -2.28. The number of aromatic nitrogens is 4. The number of hydrogen-bond acceptors (Lipinski definition) is 8. The standard InChI is InChI=1S/C20H26IN7OS/c1-12(2)10-23-4-5-28-19-17(18(22)24-11-25-19)26-20(28)30-16-9-14-15(8-13(16)21)29-7-6-27(14)3/h8-9,11-12,23H,4-7,10H2,1-3H3,(H2,22,24,25). The lowest BCUT2D eigenvalue weighted by Gasteiger charge is -2.28. The van der Waals surface area contributed by atoms with Gasteiger partial charge < -0.3 is 25.3 Å². The van der Waals surface area contributed by atoms with Gasteiger partial charge in [0.25, 0.3) is 0 Å². The molecule has 0 radical (unpaired) electrons. The summed E-state index contributed by atoms with van der Waals surface area (Å²) in [5.41, 5.74) is 8.61. The van der Waals surface area contributed by atoms with Crippen molar-refractivity contribution in [2.45, 2.75) is 30.4 Å². The molecule has 1 aromatic carbocycles. The number of nitrogens with one attached hydrogen (secondary N) is 1. The summed E-state index contributed by atoms with van der Waals surface area (Å²) in [5, 5.41) is 4.36. The van der Waals surface area contributed by atoms with Crippen molar-refractivity contribution in [3.8, 4) is 5.75 Å². The van der Waals surface area contributed by atoms with Crippen LogP contribution in [0.4, 0.5) is 11.5 Å². The third-order valence-electron chi connectivity index (χ3n) is 4.90. The van der Waals surface area contributed by atoms with Gasteiger partial charge in [0, 0.05) is 28.6 Å². The summed E-state index contributed by atoms with van der Waals surface area (Å²) >= 11 is 3.98. The number of fused-ring (bicyclic) bond motifs is 2. The first-order chi connectivity index (χ1) is 14.4. The van der Waals surface area contributed by atoms with E-state index in [4.69, 9.17) is 15.5 Å². The molecule has 0 amide bonds. The zero-order valence-corrected chi connectivity index (χ0v) is 20.3. The van der Waals surface area contributed by atoms with E-state index in [1.807, 2.05) is 0 Å². The predicted molar refractivity (Wildman–Crippen MR) is 129 cm³/mol. The number of hydrogen-bond donors (Lipinski definition) is 2. The Morgan fingerprint density at radius 3 is 2.97 bits per heavy atom. The van der Waals surface area contributed by atoms with E-state index < -0.39 is 0 Å². The van der Waals surface area contributed by atoms with Crippen LogP contribution in [0.3, 0.4) is 0 Å². The van der Waals surface area contributed by atoms with Crippen LogP contribution in [0.5, 0.6) is 5.75 Å². The minimum atomic E-state index is 0.406. The molecule has 1 aliphatic rings. The van der Waals surface area contributed by atoms with E-state index in [9.17, 15) is 0 Å². The van der Waals surface area contributed by atoms with Crippen LogP contribution in [0.2, 0.25) is 0 Å². The average molecular weight is 539 g/mol. The Labute approximate surface area is 194 Å². The first kappa shape index (κ1) is 21.4. The van der Waals surface area contributed by atoms with E-state index in [0.29, 0.717) is 23.9 Å². The highest BCUT2D eigenvalue weighted by molar-refractivity contribution is 14.1. The Balaban J connectivity index is 1.67. The van der Waals surface area contributed by atoms with E-state index in [1.165, 1.54) is 6.33 Å². The molecule has 3 aromatic rings. The molecule has 0 bridgehead atoms. The maximum Gasteiger partial charge on any atom is 0.175 e. The molecule has 0 saturated heterocycles. The maximum atomic E-state index is 6.09. The van der Waals surface area contributed by atoms with Crippen molar-refractivity contribution in [3.63, 3.8) is 0 Å². The number of ether oxygens (including phenoxy) is 1. The van der Waals surface area contributed by atoms with Gasteiger partial charge in [-0.2, -0.15) is 0 Å². The number of imidazole rings is 1. The number of nitrogens with two attached hydrogens (primary N) is 1. The summed E-state index contributed by atoms with van der Waals surface area (Å²) < 4.78 is 9.09. The zero-order chi connectivity index (χ0) is 21.3. The van der Waals surface area contributed by atoms with E-state index in [0.717, 1.165) is 56.9 Å². The Hall–Kier alpha value is -1.79. The summed E-state index contributed by atoms with van der Waals surface area (Å²) in [6.07, 6.45) is 1.50. The van der Waals surface area contributed by atoms with Gasteiger partial charge in [0.15, 0.2) is 22.1 Å². The van der Waals surface area contributed by atoms with Gasteiger partial charge >= 0.3 is 0 Å². The van der Waals surface area contributed by atoms with Crippen molar-refractivity contribution in [1.82, 2.24) is 24.8 Å². The van der Waals surface area contributed by atoms with Crippen LogP contribution in [-0.4, -0.2) is 52.8 Å². The van der Waals surface area contributed by atoms with Gasteiger partial charge in [-0.05, 0) is 47.2 Å². The van der Waals surface area contributed by atoms with Crippen LogP contribution in [0.15, 0.2) is 28.5 Å². The van der Waals surface area contributed by atoms with E-state index in [-0.39, 0.29) is 0 Å². The Morgan fingerprint density at radius 2 is 2.17 bits per heavy atom. The van der Waals surface area contributed by atoms with Crippen molar-refractivity contribution in [3.05, 3.63) is 22.0 Å². The summed E-state index contributed by atoms with van der Waals surface area (Å²) in [5.74, 6) is 1.94. The highest BCUT2D eigenvalue weighted by Crippen LogP contribution is 2.40. The fourth-order valence-corrected chi connectivity index (χ4v) is 5.04. The number of nitrogen functional groups attached to an aromatic ring is 1. The Bertz CT molecular complexity index is 1060. The van der Waals surface area contributed by atoms with Crippen molar-refractivity contribution in [1.29, 1.82) is 0 Å². The average Bonchev–Trinajstić information content (AvgIpc) is 3.05. The maximum absolute atomic E-state index is 6.09. The summed E-state index contributed by atoms with van der Waals surface area (Å²) in [4.78, 5) is 16.7. The monoisotopic (exact) mass is 539 g/mol. The Morgan fingerprint density at radius 1 is 1.33 bits per heavy atom. The predicted octanol–water partition coefficient (Wildman–Crippen LogP) is 3.24. The third kappa shape index (κ3) is 4.45. The molecule has 4 rings (SSSR count). The second kappa shape index (κ2) is 9.15. The van der Waals surface area contributed by atoms with Gasteiger partial charge in [0.05, 0.1) is 12.2 Å². The third-order valence-corrected chi connectivity index (χ3v) is 7.21.